The van der Waals surface area contributed by atoms with Crippen molar-refractivity contribution in [2.24, 2.45) is 11.3 Å². The third-order valence-corrected chi connectivity index (χ3v) is 5.22. The molecule has 0 aromatic heterocycles. The first kappa shape index (κ1) is 15.7. The lowest BCUT2D eigenvalue weighted by molar-refractivity contribution is -0.130. The number of benzene rings is 1. The number of halogens is 2. The quantitative estimate of drug-likeness (QED) is 0.780. The number of hydrogen-bond acceptors (Lipinski definition) is 1. The Morgan fingerprint density at radius 3 is 2.35 bits per heavy atom. The Kier molecular flexibility index (Phi) is 4.98. The van der Waals surface area contributed by atoms with Gasteiger partial charge in [-0.3, -0.25) is 4.79 Å². The Labute approximate surface area is 130 Å². The van der Waals surface area contributed by atoms with Crippen LogP contribution in [0.4, 0.5) is 5.69 Å². The van der Waals surface area contributed by atoms with Gasteiger partial charge in [-0.05, 0) is 37.0 Å². The van der Waals surface area contributed by atoms with Crippen LogP contribution in [0.5, 0.6) is 0 Å². The molecule has 1 N–H and O–H groups in total. The smallest absolute Gasteiger partial charge is 0.230 e. The number of amides is 1. The highest BCUT2D eigenvalue weighted by Gasteiger charge is 2.42. The fourth-order valence-electron chi connectivity index (χ4n) is 3.08. The Balaban J connectivity index is 2.18. The van der Waals surface area contributed by atoms with Gasteiger partial charge in [-0.1, -0.05) is 56.3 Å². The molecule has 1 aromatic rings. The Hall–Kier alpha value is -0.730. The van der Waals surface area contributed by atoms with Crippen molar-refractivity contribution in [3.8, 4) is 0 Å². The molecule has 0 unspecified atom stereocenters. The maximum absolute atomic E-state index is 12.7. The number of anilines is 1. The van der Waals surface area contributed by atoms with E-state index in [-0.39, 0.29) is 11.3 Å². The van der Waals surface area contributed by atoms with Gasteiger partial charge in [0.2, 0.25) is 5.91 Å². The molecular weight excluding hydrogens is 293 g/mol. The molecule has 20 heavy (non-hydrogen) atoms. The van der Waals surface area contributed by atoms with Gasteiger partial charge in [-0.25, -0.2) is 0 Å². The summed E-state index contributed by atoms with van der Waals surface area (Å²) in [4.78, 5) is 12.7. The van der Waals surface area contributed by atoms with Crippen molar-refractivity contribution >= 4 is 34.8 Å². The molecule has 0 spiro atoms. The van der Waals surface area contributed by atoms with E-state index in [4.69, 9.17) is 23.2 Å². The summed E-state index contributed by atoms with van der Waals surface area (Å²) in [5, 5.41) is 3.99. The fraction of sp³-hybridized carbons (Fsp3) is 0.562. The molecule has 0 atom stereocenters. The molecule has 4 heteroatoms. The molecule has 1 fully saturated rings. The first-order chi connectivity index (χ1) is 9.45. The predicted octanol–water partition coefficient (Wildman–Crippen LogP) is 5.54. The second-order valence-electron chi connectivity index (χ2n) is 5.95. The second-order valence-corrected chi connectivity index (χ2v) is 6.77. The molecule has 110 valence electrons. The van der Waals surface area contributed by atoms with Crippen molar-refractivity contribution < 1.29 is 4.79 Å². The maximum Gasteiger partial charge on any atom is 0.230 e. The molecule has 0 radical (unpaired) electrons. The van der Waals surface area contributed by atoms with Crippen LogP contribution in [0.25, 0.3) is 0 Å². The highest BCUT2D eigenvalue weighted by Crippen LogP contribution is 2.43. The lowest BCUT2D eigenvalue weighted by Gasteiger charge is -2.39. The molecule has 1 aromatic carbocycles. The van der Waals surface area contributed by atoms with Crippen molar-refractivity contribution in [3.63, 3.8) is 0 Å². The number of carbonyl (C=O) groups excluding carboxylic acids is 1. The second kappa shape index (κ2) is 6.36. The zero-order valence-corrected chi connectivity index (χ0v) is 13.5. The van der Waals surface area contributed by atoms with Gasteiger partial charge in [-0.15, -0.1) is 0 Å². The summed E-state index contributed by atoms with van der Waals surface area (Å²) >= 11 is 11.9. The van der Waals surface area contributed by atoms with Gasteiger partial charge < -0.3 is 5.32 Å². The zero-order chi connectivity index (χ0) is 14.8. The molecule has 0 aliphatic heterocycles. The van der Waals surface area contributed by atoms with E-state index in [1.807, 2.05) is 0 Å². The summed E-state index contributed by atoms with van der Waals surface area (Å²) in [6.45, 7) is 4.28. The van der Waals surface area contributed by atoms with Gasteiger partial charge in [0.05, 0.1) is 15.5 Å². The van der Waals surface area contributed by atoms with E-state index in [0.717, 1.165) is 31.4 Å². The van der Waals surface area contributed by atoms with Crippen LogP contribution < -0.4 is 5.32 Å². The Bertz CT molecular complexity index is 493. The lowest BCUT2D eigenvalue weighted by Crippen LogP contribution is -2.42. The molecule has 0 bridgehead atoms. The predicted molar refractivity (Wildman–Crippen MR) is 85.4 cm³/mol. The highest BCUT2D eigenvalue weighted by molar-refractivity contribution is 6.42. The molecule has 0 saturated heterocycles. The highest BCUT2D eigenvalue weighted by atomic mass is 35.5. The van der Waals surface area contributed by atoms with Crippen molar-refractivity contribution in [2.45, 2.75) is 46.0 Å². The Morgan fingerprint density at radius 1 is 1.15 bits per heavy atom. The van der Waals surface area contributed by atoms with Crippen LogP contribution in [0.15, 0.2) is 18.2 Å². The number of rotatable bonds is 3. The molecule has 2 nitrogen and oxygen atoms in total. The minimum atomic E-state index is -0.246. The molecule has 1 aliphatic carbocycles. The third-order valence-electron chi connectivity index (χ3n) is 4.48. The van der Waals surface area contributed by atoms with E-state index < -0.39 is 0 Å². The SMILES string of the molecule is CC(C)C1(C(=O)Nc2ccc(Cl)c(Cl)c2)CCCCC1. The Morgan fingerprint density at radius 2 is 1.80 bits per heavy atom. The third kappa shape index (κ3) is 3.12. The van der Waals surface area contributed by atoms with Gasteiger partial charge in [0.25, 0.3) is 0 Å². The number of carbonyl (C=O) groups is 1. The lowest BCUT2D eigenvalue weighted by atomic mass is 9.66. The molecular formula is C16H21Cl2NO. The van der Waals surface area contributed by atoms with E-state index in [9.17, 15) is 4.79 Å². The monoisotopic (exact) mass is 313 g/mol. The van der Waals surface area contributed by atoms with Gasteiger partial charge in [0.15, 0.2) is 0 Å². The topological polar surface area (TPSA) is 29.1 Å². The average Bonchev–Trinajstić information content (AvgIpc) is 2.43. The van der Waals surface area contributed by atoms with E-state index in [2.05, 4.69) is 19.2 Å². The standard InChI is InChI=1S/C16H21Cl2NO/c1-11(2)16(8-4-3-5-9-16)15(20)19-12-6-7-13(17)14(18)10-12/h6-7,10-11H,3-5,8-9H2,1-2H3,(H,19,20). The van der Waals surface area contributed by atoms with Crippen LogP contribution in [0.1, 0.15) is 46.0 Å². The summed E-state index contributed by atoms with van der Waals surface area (Å²) in [5.74, 6) is 0.455. The van der Waals surface area contributed by atoms with E-state index in [1.165, 1.54) is 6.42 Å². The molecule has 1 amide bonds. The number of nitrogens with one attached hydrogen (secondary N) is 1. The van der Waals surface area contributed by atoms with Gasteiger partial charge in [0, 0.05) is 5.69 Å². The molecule has 1 aliphatic rings. The van der Waals surface area contributed by atoms with Crippen LogP contribution in [-0.2, 0) is 4.79 Å². The molecule has 2 rings (SSSR count). The van der Waals surface area contributed by atoms with E-state index in [0.29, 0.717) is 16.0 Å². The first-order valence-electron chi connectivity index (χ1n) is 7.22. The first-order valence-corrected chi connectivity index (χ1v) is 7.98. The van der Waals surface area contributed by atoms with Crippen molar-refractivity contribution in [1.29, 1.82) is 0 Å². The van der Waals surface area contributed by atoms with Gasteiger partial charge in [0.1, 0.15) is 0 Å². The average molecular weight is 314 g/mol. The summed E-state index contributed by atoms with van der Waals surface area (Å²) in [6, 6.07) is 5.21. The zero-order valence-electron chi connectivity index (χ0n) is 12.0. The summed E-state index contributed by atoms with van der Waals surface area (Å²) < 4.78 is 0. The van der Waals surface area contributed by atoms with E-state index in [1.54, 1.807) is 18.2 Å². The summed E-state index contributed by atoms with van der Waals surface area (Å²) in [5.41, 5.74) is 0.472. The van der Waals surface area contributed by atoms with E-state index >= 15 is 0 Å². The summed E-state index contributed by atoms with van der Waals surface area (Å²) in [6.07, 6.45) is 5.43. The normalized spacial score (nSPS) is 18.1. The van der Waals surface area contributed by atoms with Gasteiger partial charge in [-0.2, -0.15) is 0 Å². The fourth-order valence-corrected chi connectivity index (χ4v) is 3.38. The van der Waals surface area contributed by atoms with Crippen LogP contribution in [0.3, 0.4) is 0 Å². The van der Waals surface area contributed by atoms with Crippen molar-refractivity contribution in [3.05, 3.63) is 28.2 Å². The van der Waals surface area contributed by atoms with Crippen LogP contribution in [0.2, 0.25) is 10.0 Å². The number of hydrogen-bond donors (Lipinski definition) is 1. The maximum atomic E-state index is 12.7. The summed E-state index contributed by atoms with van der Waals surface area (Å²) in [7, 11) is 0. The minimum Gasteiger partial charge on any atom is -0.326 e. The van der Waals surface area contributed by atoms with Crippen molar-refractivity contribution in [2.75, 3.05) is 5.32 Å². The largest absolute Gasteiger partial charge is 0.326 e. The van der Waals surface area contributed by atoms with Gasteiger partial charge >= 0.3 is 0 Å². The van der Waals surface area contributed by atoms with Crippen LogP contribution in [-0.4, -0.2) is 5.91 Å². The molecule has 1 saturated carbocycles. The van der Waals surface area contributed by atoms with Crippen LogP contribution in [0, 0.1) is 11.3 Å². The molecule has 0 heterocycles. The van der Waals surface area contributed by atoms with Crippen molar-refractivity contribution in [1.82, 2.24) is 0 Å². The minimum absolute atomic E-state index is 0.116. The van der Waals surface area contributed by atoms with Crippen LogP contribution >= 0.6 is 23.2 Å².